The monoisotopic (exact) mass is 437 g/mol. The van der Waals surface area contributed by atoms with E-state index in [1.165, 1.54) is 35.6 Å². The van der Waals surface area contributed by atoms with E-state index >= 15 is 0 Å². The van der Waals surface area contributed by atoms with Gasteiger partial charge in [-0.15, -0.1) is 12.4 Å². The second-order valence-corrected chi connectivity index (χ2v) is 7.86. The van der Waals surface area contributed by atoms with Crippen LogP contribution in [0.2, 0.25) is 0 Å². The van der Waals surface area contributed by atoms with Gasteiger partial charge in [-0.1, -0.05) is 17.4 Å². The number of nitrogens with zero attached hydrogens (tertiary/aromatic N) is 3. The minimum absolute atomic E-state index is 0. The molecule has 0 spiro atoms. The molecule has 0 radical (unpaired) electrons. The molecule has 8 heteroatoms. The number of halogens is 2. The van der Waals surface area contributed by atoms with Gasteiger partial charge < -0.3 is 9.64 Å². The number of methoxy groups -OCH3 is 1. The molecule has 0 aliphatic carbocycles. The molecule has 1 amide bonds. The average Bonchev–Trinajstić information content (AvgIpc) is 3.11. The molecule has 3 rings (SSSR count). The molecule has 29 heavy (non-hydrogen) atoms. The number of benzene rings is 2. The number of hydrogen-bond acceptors (Lipinski definition) is 5. The molecule has 0 saturated heterocycles. The Morgan fingerprint density at radius 1 is 1.14 bits per heavy atom. The van der Waals surface area contributed by atoms with E-state index in [2.05, 4.69) is 4.90 Å². The normalized spacial score (nSPS) is 10.8. The molecule has 0 fully saturated rings. The molecule has 0 unspecified atom stereocenters. The summed E-state index contributed by atoms with van der Waals surface area (Å²) >= 11 is 1.47. The van der Waals surface area contributed by atoms with E-state index in [0.717, 1.165) is 28.7 Å². The lowest BCUT2D eigenvalue weighted by Gasteiger charge is -2.21. The van der Waals surface area contributed by atoms with Crippen molar-refractivity contribution in [1.29, 1.82) is 0 Å². The second kappa shape index (κ2) is 10.0. The maximum atomic E-state index is 13.3. The lowest BCUT2D eigenvalue weighted by atomic mass is 10.2. The predicted octanol–water partition coefficient (Wildman–Crippen LogP) is 4.77. The molecule has 0 saturated carbocycles. The molecule has 0 aliphatic rings. The minimum Gasteiger partial charge on any atom is -0.494 e. The van der Waals surface area contributed by atoms with Gasteiger partial charge in [0, 0.05) is 12.1 Å². The summed E-state index contributed by atoms with van der Waals surface area (Å²) in [6.45, 7) is 3.39. The van der Waals surface area contributed by atoms with Crippen molar-refractivity contribution < 1.29 is 13.9 Å². The van der Waals surface area contributed by atoms with Gasteiger partial charge in [-0.3, -0.25) is 9.69 Å². The van der Waals surface area contributed by atoms with E-state index in [1.807, 2.05) is 33.2 Å². The van der Waals surface area contributed by atoms with Crippen LogP contribution in [-0.2, 0) is 0 Å². The first-order valence-corrected chi connectivity index (χ1v) is 9.88. The van der Waals surface area contributed by atoms with Crippen molar-refractivity contribution in [1.82, 2.24) is 9.88 Å². The van der Waals surface area contributed by atoms with Crippen LogP contribution in [0.4, 0.5) is 9.52 Å². The van der Waals surface area contributed by atoms with Crippen molar-refractivity contribution in [2.45, 2.75) is 13.3 Å². The Kier molecular flexibility index (Phi) is 7.96. The first-order valence-electron chi connectivity index (χ1n) is 9.07. The first-order chi connectivity index (χ1) is 13.4. The van der Waals surface area contributed by atoms with Gasteiger partial charge in [0.1, 0.15) is 17.1 Å². The quantitative estimate of drug-likeness (QED) is 0.534. The summed E-state index contributed by atoms with van der Waals surface area (Å²) in [5.41, 5.74) is 2.28. The summed E-state index contributed by atoms with van der Waals surface area (Å²) in [7, 11) is 5.61. The lowest BCUT2D eigenvalue weighted by molar-refractivity contribution is 0.0986. The largest absolute Gasteiger partial charge is 0.494 e. The van der Waals surface area contributed by atoms with E-state index in [1.54, 1.807) is 12.0 Å². The van der Waals surface area contributed by atoms with Gasteiger partial charge in [-0.25, -0.2) is 9.37 Å². The van der Waals surface area contributed by atoms with E-state index in [4.69, 9.17) is 9.72 Å². The summed E-state index contributed by atoms with van der Waals surface area (Å²) in [4.78, 5) is 21.6. The summed E-state index contributed by atoms with van der Waals surface area (Å²) in [6, 6.07) is 9.50. The summed E-state index contributed by atoms with van der Waals surface area (Å²) in [5, 5.41) is 0.621. The van der Waals surface area contributed by atoms with Crippen LogP contribution in [0.5, 0.6) is 5.75 Å². The standard InChI is InChI=1S/C21H24FN3O2S.ClH/c1-14-6-11-17(27-4)18-19(14)28-21(23-18)25(13-5-12-24(2)3)20(26)15-7-9-16(22)10-8-15;/h6-11H,5,12-13H2,1-4H3;1H. The lowest BCUT2D eigenvalue weighted by Crippen LogP contribution is -2.33. The smallest absolute Gasteiger partial charge is 0.260 e. The molecule has 0 aliphatic heterocycles. The summed E-state index contributed by atoms with van der Waals surface area (Å²) < 4.78 is 19.7. The van der Waals surface area contributed by atoms with Gasteiger partial charge in [0.15, 0.2) is 5.13 Å². The Balaban J connectivity index is 0.00000300. The molecule has 1 heterocycles. The average molecular weight is 438 g/mol. The predicted molar refractivity (Wildman–Crippen MR) is 119 cm³/mol. The molecule has 2 aromatic carbocycles. The van der Waals surface area contributed by atoms with E-state index in [-0.39, 0.29) is 24.1 Å². The van der Waals surface area contributed by atoms with Crippen molar-refractivity contribution in [3.8, 4) is 5.75 Å². The SMILES string of the molecule is COc1ccc(C)c2sc(N(CCCN(C)C)C(=O)c3ccc(F)cc3)nc12.Cl. The van der Waals surface area contributed by atoms with Crippen molar-refractivity contribution in [3.63, 3.8) is 0 Å². The molecule has 0 N–H and O–H groups in total. The number of amides is 1. The topological polar surface area (TPSA) is 45.7 Å². The van der Waals surface area contributed by atoms with Crippen LogP contribution in [0.1, 0.15) is 22.3 Å². The Morgan fingerprint density at radius 3 is 2.45 bits per heavy atom. The van der Waals surface area contributed by atoms with Crippen LogP contribution < -0.4 is 9.64 Å². The van der Waals surface area contributed by atoms with Crippen LogP contribution in [0.3, 0.4) is 0 Å². The highest BCUT2D eigenvalue weighted by molar-refractivity contribution is 7.22. The number of carbonyl (C=O) groups is 1. The highest BCUT2D eigenvalue weighted by Crippen LogP contribution is 2.36. The van der Waals surface area contributed by atoms with Crippen LogP contribution in [0.15, 0.2) is 36.4 Å². The van der Waals surface area contributed by atoms with Gasteiger partial charge in [0.25, 0.3) is 5.91 Å². The molecule has 1 aromatic heterocycles. The molecule has 3 aromatic rings. The fourth-order valence-electron chi connectivity index (χ4n) is 2.96. The number of rotatable bonds is 7. The number of carbonyl (C=O) groups excluding carboxylic acids is 1. The Bertz CT molecular complexity index is 976. The fourth-order valence-corrected chi connectivity index (χ4v) is 4.03. The maximum absolute atomic E-state index is 13.3. The molecule has 156 valence electrons. The third kappa shape index (κ3) is 5.23. The van der Waals surface area contributed by atoms with Gasteiger partial charge in [-0.2, -0.15) is 0 Å². The van der Waals surface area contributed by atoms with Gasteiger partial charge in [-0.05, 0) is 69.9 Å². The van der Waals surface area contributed by atoms with Crippen LogP contribution in [0, 0.1) is 12.7 Å². The summed E-state index contributed by atoms with van der Waals surface area (Å²) in [5.74, 6) is 0.135. The zero-order chi connectivity index (χ0) is 20.3. The highest BCUT2D eigenvalue weighted by atomic mass is 35.5. The first kappa shape index (κ1) is 23.1. The van der Waals surface area contributed by atoms with Crippen LogP contribution in [0.25, 0.3) is 10.2 Å². The van der Waals surface area contributed by atoms with Crippen LogP contribution >= 0.6 is 23.7 Å². The maximum Gasteiger partial charge on any atom is 0.260 e. The van der Waals surface area contributed by atoms with E-state index in [9.17, 15) is 9.18 Å². The van der Waals surface area contributed by atoms with Crippen LogP contribution in [-0.4, -0.2) is 50.1 Å². The van der Waals surface area contributed by atoms with Crippen molar-refractivity contribution in [2.24, 2.45) is 0 Å². The van der Waals surface area contributed by atoms with E-state index in [0.29, 0.717) is 23.0 Å². The number of aryl methyl sites for hydroxylation is 1. The minimum atomic E-state index is -0.365. The molecule has 0 atom stereocenters. The second-order valence-electron chi connectivity index (χ2n) is 6.88. The van der Waals surface area contributed by atoms with Gasteiger partial charge in [0.2, 0.25) is 0 Å². The number of anilines is 1. The number of aromatic nitrogens is 1. The number of hydrogen-bond donors (Lipinski definition) is 0. The van der Waals surface area contributed by atoms with Gasteiger partial charge >= 0.3 is 0 Å². The Hall–Kier alpha value is -2.22. The third-order valence-electron chi connectivity index (χ3n) is 4.47. The van der Waals surface area contributed by atoms with Crippen molar-refractivity contribution >= 4 is 45.0 Å². The number of fused-ring (bicyclic) bond motifs is 1. The van der Waals surface area contributed by atoms with Gasteiger partial charge in [0.05, 0.1) is 11.8 Å². The van der Waals surface area contributed by atoms with Crippen molar-refractivity contribution in [2.75, 3.05) is 39.2 Å². The zero-order valence-corrected chi connectivity index (χ0v) is 18.6. The molecule has 5 nitrogen and oxygen atoms in total. The van der Waals surface area contributed by atoms with E-state index < -0.39 is 0 Å². The molecular weight excluding hydrogens is 413 g/mol. The molecular formula is C21H25ClFN3O2S. The Morgan fingerprint density at radius 2 is 1.83 bits per heavy atom. The zero-order valence-electron chi connectivity index (χ0n) is 16.9. The summed E-state index contributed by atoms with van der Waals surface area (Å²) in [6.07, 6.45) is 0.798. The Labute approximate surface area is 180 Å². The molecule has 0 bridgehead atoms. The number of ether oxygens (including phenoxy) is 1. The highest BCUT2D eigenvalue weighted by Gasteiger charge is 2.22. The van der Waals surface area contributed by atoms with Crippen molar-refractivity contribution in [3.05, 3.63) is 53.3 Å². The fraction of sp³-hybridized carbons (Fsp3) is 0.333. The third-order valence-corrected chi connectivity index (χ3v) is 5.68. The number of thiazole rings is 1.